The highest BCUT2D eigenvalue weighted by Gasteiger charge is 2.34. The van der Waals surface area contributed by atoms with E-state index in [1.165, 1.54) is 93.8 Å². The predicted octanol–water partition coefficient (Wildman–Crippen LogP) is 10.6. The molecule has 1 fully saturated rings. The molecule has 1 aromatic carbocycles. The van der Waals surface area contributed by atoms with Crippen molar-refractivity contribution < 1.29 is 0 Å². The van der Waals surface area contributed by atoms with Crippen molar-refractivity contribution in [2.75, 3.05) is 0 Å². The van der Waals surface area contributed by atoms with E-state index in [-0.39, 0.29) is 0 Å². The second-order valence-electron chi connectivity index (χ2n) is 10.7. The van der Waals surface area contributed by atoms with Gasteiger partial charge in [0.2, 0.25) is 0 Å². The molecule has 0 heteroatoms. The van der Waals surface area contributed by atoms with E-state index in [9.17, 15) is 0 Å². The van der Waals surface area contributed by atoms with Crippen LogP contribution in [0.3, 0.4) is 0 Å². The SMILES string of the molecule is C=CC1=CCC(C2CC3=C(CCC=C3)C2=C)C1.CCCC.Cc1ccccc1C1CCCCC1. The van der Waals surface area contributed by atoms with Gasteiger partial charge in [0.05, 0.1) is 0 Å². The normalized spacial score (nSPS) is 24.0. The van der Waals surface area contributed by atoms with Gasteiger partial charge in [-0.3, -0.25) is 0 Å². The molecule has 2 atom stereocenters. The molecule has 0 amide bonds. The molecule has 0 saturated heterocycles. The molecule has 0 aliphatic heterocycles. The Morgan fingerprint density at radius 1 is 1.00 bits per heavy atom. The summed E-state index contributed by atoms with van der Waals surface area (Å²) in [6.07, 6.45) is 24.9. The Kier molecular flexibility index (Phi) is 10.7. The average molecular weight is 457 g/mol. The standard InChI is InChI=1S/C17H20.C13H18.C4H10/c1-3-13-8-9-15(10-13)17-11-14-6-4-5-7-16(14)12(17)2;1-11-7-5-6-10-13(11)12-8-3-2-4-9-12;1-3-4-2/h3-4,6,8,15,17H,1-2,5,7,9-11H2;5-7,10,12H,2-4,8-9H2,1H3;3-4H2,1-2H3. The van der Waals surface area contributed by atoms with Crippen LogP contribution < -0.4 is 0 Å². The lowest BCUT2D eigenvalue weighted by Gasteiger charge is -2.23. The second-order valence-corrected chi connectivity index (χ2v) is 10.7. The van der Waals surface area contributed by atoms with Gasteiger partial charge < -0.3 is 0 Å². The highest BCUT2D eigenvalue weighted by molar-refractivity contribution is 5.49. The summed E-state index contributed by atoms with van der Waals surface area (Å²) in [5.74, 6) is 2.32. The van der Waals surface area contributed by atoms with Crippen LogP contribution in [0, 0.1) is 18.8 Å². The number of rotatable bonds is 4. The Morgan fingerprint density at radius 2 is 1.74 bits per heavy atom. The lowest BCUT2D eigenvalue weighted by atomic mass is 9.82. The number of hydrogen-bond acceptors (Lipinski definition) is 0. The van der Waals surface area contributed by atoms with Crippen LogP contribution >= 0.6 is 0 Å². The van der Waals surface area contributed by atoms with Gasteiger partial charge in [0, 0.05) is 0 Å². The fraction of sp³-hybridized carbons (Fsp3) is 0.529. The van der Waals surface area contributed by atoms with Crippen molar-refractivity contribution in [3.63, 3.8) is 0 Å². The van der Waals surface area contributed by atoms with Crippen molar-refractivity contribution in [2.24, 2.45) is 11.8 Å². The number of hydrogen-bond donors (Lipinski definition) is 0. The minimum absolute atomic E-state index is 0.691. The molecular formula is C34H48. The smallest absolute Gasteiger partial charge is 0.00900 e. The van der Waals surface area contributed by atoms with Crippen LogP contribution in [0.4, 0.5) is 0 Å². The van der Waals surface area contributed by atoms with E-state index >= 15 is 0 Å². The van der Waals surface area contributed by atoms with Crippen LogP contribution in [0.15, 0.2) is 84.0 Å². The Morgan fingerprint density at radius 3 is 2.35 bits per heavy atom. The van der Waals surface area contributed by atoms with E-state index in [0.717, 1.165) is 11.8 Å². The minimum atomic E-state index is 0.691. The van der Waals surface area contributed by atoms with E-state index in [1.54, 1.807) is 16.7 Å². The fourth-order valence-electron chi connectivity index (χ4n) is 6.01. The third-order valence-electron chi connectivity index (χ3n) is 8.29. The summed E-state index contributed by atoms with van der Waals surface area (Å²) in [5.41, 5.74) is 9.09. The number of benzene rings is 1. The van der Waals surface area contributed by atoms with Gasteiger partial charge in [-0.05, 0) is 97.5 Å². The highest BCUT2D eigenvalue weighted by atomic mass is 14.4. The van der Waals surface area contributed by atoms with Crippen molar-refractivity contribution in [1.82, 2.24) is 0 Å². The van der Waals surface area contributed by atoms with Crippen LogP contribution in [-0.2, 0) is 0 Å². The first-order chi connectivity index (χ1) is 16.6. The molecule has 34 heavy (non-hydrogen) atoms. The Labute approximate surface area is 210 Å². The maximum atomic E-state index is 4.37. The van der Waals surface area contributed by atoms with Crippen molar-refractivity contribution in [1.29, 1.82) is 0 Å². The number of unbranched alkanes of at least 4 members (excludes halogenated alkanes) is 1. The lowest BCUT2D eigenvalue weighted by molar-refractivity contribution is 0.412. The molecule has 0 nitrogen and oxygen atoms in total. The maximum Gasteiger partial charge on any atom is -0.00900 e. The van der Waals surface area contributed by atoms with Crippen LogP contribution in [0.5, 0.6) is 0 Å². The zero-order chi connectivity index (χ0) is 24.3. The third kappa shape index (κ3) is 6.97. The topological polar surface area (TPSA) is 0 Å². The van der Waals surface area contributed by atoms with Crippen molar-refractivity contribution in [3.05, 3.63) is 95.1 Å². The molecular weight excluding hydrogens is 408 g/mol. The van der Waals surface area contributed by atoms with Crippen LogP contribution in [0.1, 0.15) is 108 Å². The monoisotopic (exact) mass is 456 g/mol. The summed E-state index contributed by atoms with van der Waals surface area (Å²) in [6.45, 7) is 14.9. The molecule has 0 heterocycles. The third-order valence-corrected chi connectivity index (χ3v) is 8.29. The van der Waals surface area contributed by atoms with E-state index < -0.39 is 0 Å². The van der Waals surface area contributed by atoms with Gasteiger partial charge in [-0.1, -0.05) is 113 Å². The first kappa shape index (κ1) is 26.5. The van der Waals surface area contributed by atoms with E-state index in [1.807, 2.05) is 6.08 Å². The molecule has 0 N–H and O–H groups in total. The van der Waals surface area contributed by atoms with Crippen LogP contribution in [0.25, 0.3) is 0 Å². The van der Waals surface area contributed by atoms with Crippen LogP contribution in [0.2, 0.25) is 0 Å². The summed E-state index contributed by atoms with van der Waals surface area (Å²) in [7, 11) is 0. The molecule has 1 saturated carbocycles. The average Bonchev–Trinajstić information content (AvgIpc) is 3.50. The van der Waals surface area contributed by atoms with Crippen LogP contribution in [-0.4, -0.2) is 0 Å². The summed E-state index contributed by atoms with van der Waals surface area (Å²) in [5, 5.41) is 0. The highest BCUT2D eigenvalue weighted by Crippen LogP contribution is 2.48. The molecule has 1 aromatic rings. The summed E-state index contributed by atoms with van der Waals surface area (Å²) < 4.78 is 0. The van der Waals surface area contributed by atoms with Crippen molar-refractivity contribution >= 4 is 0 Å². The van der Waals surface area contributed by atoms with E-state index in [2.05, 4.69) is 76.4 Å². The lowest BCUT2D eigenvalue weighted by Crippen LogP contribution is -2.11. The number of aryl methyl sites for hydroxylation is 1. The first-order valence-corrected chi connectivity index (χ1v) is 14.0. The van der Waals surface area contributed by atoms with Gasteiger partial charge in [-0.15, -0.1) is 0 Å². The zero-order valence-corrected chi connectivity index (χ0v) is 22.3. The summed E-state index contributed by atoms with van der Waals surface area (Å²) in [4.78, 5) is 0. The van der Waals surface area contributed by atoms with Gasteiger partial charge in [0.15, 0.2) is 0 Å². The van der Waals surface area contributed by atoms with Gasteiger partial charge in [0.25, 0.3) is 0 Å². The van der Waals surface area contributed by atoms with Gasteiger partial charge >= 0.3 is 0 Å². The van der Waals surface area contributed by atoms with E-state index in [4.69, 9.17) is 0 Å². The largest absolute Gasteiger partial charge is 0.0988 e. The quantitative estimate of drug-likeness (QED) is 0.422. The maximum absolute atomic E-state index is 4.37. The molecule has 4 aliphatic carbocycles. The molecule has 0 aromatic heterocycles. The Balaban J connectivity index is 0.000000170. The zero-order valence-electron chi connectivity index (χ0n) is 22.3. The molecule has 0 radical (unpaired) electrons. The van der Waals surface area contributed by atoms with Gasteiger partial charge in [-0.25, -0.2) is 0 Å². The summed E-state index contributed by atoms with van der Waals surface area (Å²) in [6, 6.07) is 8.87. The molecule has 0 bridgehead atoms. The van der Waals surface area contributed by atoms with Gasteiger partial charge in [-0.2, -0.15) is 0 Å². The molecule has 0 spiro atoms. The number of allylic oxidation sites excluding steroid dienone is 8. The first-order valence-electron chi connectivity index (χ1n) is 14.0. The fourth-order valence-corrected chi connectivity index (χ4v) is 6.01. The van der Waals surface area contributed by atoms with Crippen molar-refractivity contribution in [3.8, 4) is 0 Å². The predicted molar refractivity (Wildman–Crippen MR) is 151 cm³/mol. The van der Waals surface area contributed by atoms with Crippen molar-refractivity contribution in [2.45, 2.75) is 104 Å². The Bertz CT molecular complexity index is 898. The Hall–Kier alpha value is -2.08. The van der Waals surface area contributed by atoms with Gasteiger partial charge in [0.1, 0.15) is 0 Å². The summed E-state index contributed by atoms with van der Waals surface area (Å²) >= 11 is 0. The molecule has 4 aliphatic rings. The second kappa shape index (κ2) is 13.7. The molecule has 184 valence electrons. The molecule has 2 unspecified atom stereocenters. The molecule has 5 rings (SSSR count). The minimum Gasteiger partial charge on any atom is -0.0988 e. The van der Waals surface area contributed by atoms with E-state index in [0.29, 0.717) is 5.92 Å².